The van der Waals surface area contributed by atoms with Crippen LogP contribution in [0.3, 0.4) is 0 Å². The largest absolute Gasteiger partial charge is 0.114 e. The van der Waals surface area contributed by atoms with Crippen molar-refractivity contribution in [1.29, 1.82) is 0 Å². The number of rotatable bonds is 1. The summed E-state index contributed by atoms with van der Waals surface area (Å²) >= 11 is 0. The second kappa shape index (κ2) is 3.71. The van der Waals surface area contributed by atoms with Gasteiger partial charge in [-0.3, -0.25) is 0 Å². The first kappa shape index (κ1) is 9.08. The molecule has 0 aliphatic heterocycles. The maximum Gasteiger partial charge on any atom is 0.114 e. The minimum atomic E-state index is 0.852. The van der Waals surface area contributed by atoms with Gasteiger partial charge in [0.1, 0.15) is 7.85 Å². The van der Waals surface area contributed by atoms with E-state index in [9.17, 15) is 0 Å². The van der Waals surface area contributed by atoms with Crippen molar-refractivity contribution in [3.8, 4) is 11.1 Å². The molecule has 0 atom stereocenters. The number of hydrogen-bond acceptors (Lipinski definition) is 0. The van der Waals surface area contributed by atoms with Crippen LogP contribution in [0.4, 0.5) is 0 Å². The fourth-order valence-corrected chi connectivity index (χ4v) is 1.49. The van der Waals surface area contributed by atoms with E-state index >= 15 is 0 Å². The lowest BCUT2D eigenvalue weighted by Crippen LogP contribution is -2.05. The standard InChI is InChI=1S/C13H11B/c1-10-9-12(7-8-13(10)14)11-5-3-2-4-6-11/h2-9H,1H3. The molecule has 0 amide bonds. The Kier molecular flexibility index (Phi) is 2.40. The summed E-state index contributed by atoms with van der Waals surface area (Å²) in [5.41, 5.74) is 4.43. The molecule has 0 heterocycles. The maximum absolute atomic E-state index is 5.77. The minimum Gasteiger partial charge on any atom is -0.0938 e. The number of aryl methyl sites for hydroxylation is 1. The highest BCUT2D eigenvalue weighted by atomic mass is 14.0. The zero-order valence-corrected chi connectivity index (χ0v) is 8.20. The normalized spacial score (nSPS) is 10.1. The van der Waals surface area contributed by atoms with E-state index in [1.165, 1.54) is 11.1 Å². The van der Waals surface area contributed by atoms with Gasteiger partial charge >= 0.3 is 0 Å². The Labute approximate surface area is 86.0 Å². The third kappa shape index (κ3) is 1.72. The Morgan fingerprint density at radius 3 is 2.21 bits per heavy atom. The molecule has 0 bridgehead atoms. The molecule has 0 saturated heterocycles. The highest BCUT2D eigenvalue weighted by Gasteiger charge is 1.97. The SMILES string of the molecule is [B]c1ccc(-c2ccccc2)cc1C. The van der Waals surface area contributed by atoms with Gasteiger partial charge in [0.15, 0.2) is 0 Å². The summed E-state index contributed by atoms with van der Waals surface area (Å²) in [4.78, 5) is 0. The van der Waals surface area contributed by atoms with Gasteiger partial charge in [-0.15, -0.1) is 0 Å². The summed E-state index contributed by atoms with van der Waals surface area (Å²) in [6.07, 6.45) is 0. The van der Waals surface area contributed by atoms with E-state index in [1.54, 1.807) is 0 Å². The quantitative estimate of drug-likeness (QED) is 0.588. The molecule has 0 aromatic heterocycles. The maximum atomic E-state index is 5.77. The van der Waals surface area contributed by atoms with Gasteiger partial charge in [0.25, 0.3) is 0 Å². The van der Waals surface area contributed by atoms with E-state index in [2.05, 4.69) is 24.3 Å². The van der Waals surface area contributed by atoms with Gasteiger partial charge < -0.3 is 0 Å². The third-order valence-corrected chi connectivity index (χ3v) is 2.38. The van der Waals surface area contributed by atoms with Crippen LogP contribution in [-0.2, 0) is 0 Å². The van der Waals surface area contributed by atoms with Crippen molar-refractivity contribution in [2.45, 2.75) is 6.92 Å². The Balaban J connectivity index is 2.48. The smallest absolute Gasteiger partial charge is 0.0938 e. The van der Waals surface area contributed by atoms with E-state index in [4.69, 9.17) is 7.85 Å². The highest BCUT2D eigenvalue weighted by Crippen LogP contribution is 2.18. The predicted molar refractivity (Wildman–Crippen MR) is 62.0 cm³/mol. The first-order valence-corrected chi connectivity index (χ1v) is 4.69. The fraction of sp³-hybridized carbons (Fsp3) is 0.0769. The molecule has 2 radical (unpaired) electrons. The molecule has 0 aliphatic carbocycles. The molecular weight excluding hydrogens is 167 g/mol. The van der Waals surface area contributed by atoms with Crippen molar-refractivity contribution in [3.05, 3.63) is 54.1 Å². The van der Waals surface area contributed by atoms with Gasteiger partial charge in [-0.25, -0.2) is 0 Å². The Morgan fingerprint density at radius 2 is 1.57 bits per heavy atom. The van der Waals surface area contributed by atoms with Crippen molar-refractivity contribution in [1.82, 2.24) is 0 Å². The van der Waals surface area contributed by atoms with E-state index in [0.717, 1.165) is 11.0 Å². The molecule has 0 fully saturated rings. The van der Waals surface area contributed by atoms with Crippen molar-refractivity contribution < 1.29 is 0 Å². The molecule has 0 saturated carbocycles. The van der Waals surface area contributed by atoms with Gasteiger partial charge in [0, 0.05) is 0 Å². The third-order valence-electron chi connectivity index (χ3n) is 2.38. The Bertz CT molecular complexity index is 432. The lowest BCUT2D eigenvalue weighted by molar-refractivity contribution is 1.50. The molecule has 2 aromatic carbocycles. The summed E-state index contributed by atoms with van der Waals surface area (Å²) in [6, 6.07) is 16.4. The Hall–Kier alpha value is -1.50. The lowest BCUT2D eigenvalue weighted by atomic mass is 9.89. The molecule has 14 heavy (non-hydrogen) atoms. The zero-order valence-electron chi connectivity index (χ0n) is 8.20. The number of hydrogen-bond donors (Lipinski definition) is 0. The van der Waals surface area contributed by atoms with Crippen LogP contribution < -0.4 is 5.46 Å². The van der Waals surface area contributed by atoms with Crippen LogP contribution in [0.15, 0.2) is 48.5 Å². The van der Waals surface area contributed by atoms with Crippen molar-refractivity contribution in [2.24, 2.45) is 0 Å². The highest BCUT2D eigenvalue weighted by molar-refractivity contribution is 6.33. The molecule has 0 unspecified atom stereocenters. The topological polar surface area (TPSA) is 0 Å². The molecule has 2 aromatic rings. The first-order valence-electron chi connectivity index (χ1n) is 4.69. The number of benzene rings is 2. The van der Waals surface area contributed by atoms with Gasteiger partial charge in [-0.1, -0.05) is 59.6 Å². The molecule has 0 aliphatic rings. The van der Waals surface area contributed by atoms with Gasteiger partial charge in [0.2, 0.25) is 0 Å². The van der Waals surface area contributed by atoms with Gasteiger partial charge in [-0.05, 0) is 18.1 Å². The lowest BCUT2D eigenvalue weighted by Gasteiger charge is -2.05. The first-order chi connectivity index (χ1) is 6.77. The zero-order chi connectivity index (χ0) is 9.97. The molecule has 2 rings (SSSR count). The van der Waals surface area contributed by atoms with Crippen molar-refractivity contribution in [2.75, 3.05) is 0 Å². The summed E-state index contributed by atoms with van der Waals surface area (Å²) in [5.74, 6) is 0. The summed E-state index contributed by atoms with van der Waals surface area (Å²) in [5, 5.41) is 0. The van der Waals surface area contributed by atoms with Crippen LogP contribution in [0.25, 0.3) is 11.1 Å². The molecule has 1 heteroatoms. The summed E-state index contributed by atoms with van der Waals surface area (Å²) in [6.45, 7) is 2.03. The fourth-order valence-electron chi connectivity index (χ4n) is 1.49. The average Bonchev–Trinajstić information content (AvgIpc) is 2.23. The second-order valence-corrected chi connectivity index (χ2v) is 3.44. The van der Waals surface area contributed by atoms with Crippen LogP contribution in [0.2, 0.25) is 0 Å². The minimum absolute atomic E-state index is 0.852. The summed E-state index contributed by atoms with van der Waals surface area (Å²) < 4.78 is 0. The second-order valence-electron chi connectivity index (χ2n) is 3.44. The van der Waals surface area contributed by atoms with Crippen LogP contribution in [0.1, 0.15) is 5.56 Å². The molecule has 0 N–H and O–H groups in total. The average molecular weight is 178 g/mol. The predicted octanol–water partition coefficient (Wildman–Crippen LogP) is 2.46. The van der Waals surface area contributed by atoms with E-state index < -0.39 is 0 Å². The molecular formula is C13H11B. The Morgan fingerprint density at radius 1 is 0.857 bits per heavy atom. The van der Waals surface area contributed by atoms with Crippen LogP contribution in [0.5, 0.6) is 0 Å². The van der Waals surface area contributed by atoms with Crippen LogP contribution in [-0.4, -0.2) is 7.85 Å². The van der Waals surface area contributed by atoms with Gasteiger partial charge in [0.05, 0.1) is 0 Å². The van der Waals surface area contributed by atoms with Crippen molar-refractivity contribution in [3.63, 3.8) is 0 Å². The van der Waals surface area contributed by atoms with Crippen molar-refractivity contribution >= 4 is 13.3 Å². The van der Waals surface area contributed by atoms with Crippen LogP contribution >= 0.6 is 0 Å². The molecule has 0 nitrogen and oxygen atoms in total. The van der Waals surface area contributed by atoms with Gasteiger partial charge in [-0.2, -0.15) is 0 Å². The summed E-state index contributed by atoms with van der Waals surface area (Å²) in [7, 11) is 5.77. The van der Waals surface area contributed by atoms with E-state index in [0.29, 0.717) is 0 Å². The molecule has 66 valence electrons. The monoisotopic (exact) mass is 178 g/mol. The van der Waals surface area contributed by atoms with Crippen LogP contribution in [0, 0.1) is 6.92 Å². The van der Waals surface area contributed by atoms with E-state index in [1.807, 2.05) is 31.2 Å². The van der Waals surface area contributed by atoms with E-state index in [-0.39, 0.29) is 0 Å². The molecule has 0 spiro atoms.